The number of hydrogen-bond acceptors (Lipinski definition) is 8. The Kier molecular flexibility index (Phi) is 6.01. The van der Waals surface area contributed by atoms with Crippen LogP contribution < -0.4 is 16.0 Å². The Morgan fingerprint density at radius 1 is 1.33 bits per heavy atom. The molecule has 3 rings (SSSR count). The van der Waals surface area contributed by atoms with Crippen LogP contribution in [0.5, 0.6) is 0 Å². The van der Waals surface area contributed by atoms with Crippen molar-refractivity contribution in [2.45, 2.75) is 25.3 Å². The van der Waals surface area contributed by atoms with Crippen LogP contribution in [-0.4, -0.2) is 36.5 Å². The van der Waals surface area contributed by atoms with Crippen LogP contribution in [0.2, 0.25) is 0 Å². The zero-order chi connectivity index (χ0) is 22.1. The van der Waals surface area contributed by atoms with Crippen molar-refractivity contribution in [1.29, 1.82) is 0 Å². The van der Waals surface area contributed by atoms with E-state index in [0.717, 1.165) is 15.9 Å². The molecule has 3 N–H and O–H groups in total. The molecule has 1 amide bonds. The summed E-state index contributed by atoms with van der Waals surface area (Å²) < 4.78 is 29.0. The van der Waals surface area contributed by atoms with E-state index in [2.05, 4.69) is 10.3 Å². The number of fused-ring (bicyclic) bond motifs is 1. The molecule has 12 heteroatoms. The first-order chi connectivity index (χ1) is 14.1. The van der Waals surface area contributed by atoms with E-state index in [0.29, 0.717) is 15.3 Å². The van der Waals surface area contributed by atoms with Gasteiger partial charge in [0.05, 0.1) is 23.2 Å². The Morgan fingerprint density at radius 2 is 2.07 bits per heavy atom. The van der Waals surface area contributed by atoms with Crippen LogP contribution in [-0.2, 0) is 26.1 Å². The van der Waals surface area contributed by atoms with Crippen LogP contribution in [0.4, 0.5) is 5.69 Å². The normalized spacial score (nSPS) is 11.4. The second-order valence-corrected chi connectivity index (χ2v) is 8.82. The highest BCUT2D eigenvalue weighted by Crippen LogP contribution is 2.27. The fraction of sp³-hybridized carbons (Fsp3) is 0.222. The predicted octanol–water partition coefficient (Wildman–Crippen LogP) is 1.23. The van der Waals surface area contributed by atoms with Crippen molar-refractivity contribution in [3.05, 3.63) is 51.4 Å². The first-order valence-corrected chi connectivity index (χ1v) is 11.1. The lowest BCUT2D eigenvalue weighted by Crippen LogP contribution is -2.28. The number of carbonyl (C=O) groups excluding carboxylic acids is 2. The predicted molar refractivity (Wildman–Crippen MR) is 111 cm³/mol. The van der Waals surface area contributed by atoms with Crippen LogP contribution in [0.15, 0.2) is 40.3 Å². The minimum atomic E-state index is -3.92. The number of benzene rings is 1. The smallest absolute Gasteiger partial charge is 0.348 e. The number of nitrogens with two attached hydrogens (primary N) is 1. The number of amides is 1. The van der Waals surface area contributed by atoms with Crippen LogP contribution in [0.25, 0.3) is 10.2 Å². The molecule has 0 atom stereocenters. The third-order valence-electron chi connectivity index (χ3n) is 4.14. The monoisotopic (exact) mass is 450 g/mol. The molecule has 158 valence electrons. The molecule has 2 aromatic heterocycles. The fourth-order valence-electron chi connectivity index (χ4n) is 2.77. The zero-order valence-corrected chi connectivity index (χ0v) is 17.7. The van der Waals surface area contributed by atoms with E-state index < -0.39 is 27.5 Å². The van der Waals surface area contributed by atoms with E-state index in [1.54, 1.807) is 13.8 Å². The Bertz CT molecular complexity index is 1310. The molecule has 0 bridgehead atoms. The summed E-state index contributed by atoms with van der Waals surface area (Å²) in [7, 11) is -3.92. The summed E-state index contributed by atoms with van der Waals surface area (Å²) in [6.45, 7) is 3.16. The lowest BCUT2D eigenvalue weighted by atomic mass is 10.2. The number of nitrogens with one attached hydrogen (secondary N) is 1. The number of anilines is 1. The van der Waals surface area contributed by atoms with Crippen LogP contribution >= 0.6 is 11.3 Å². The van der Waals surface area contributed by atoms with Gasteiger partial charge in [-0.05, 0) is 37.6 Å². The van der Waals surface area contributed by atoms with Gasteiger partial charge in [0.15, 0.2) is 0 Å². The van der Waals surface area contributed by atoms with E-state index in [1.807, 2.05) is 0 Å². The van der Waals surface area contributed by atoms with E-state index in [9.17, 15) is 22.8 Å². The van der Waals surface area contributed by atoms with Crippen molar-refractivity contribution in [2.24, 2.45) is 5.14 Å². The second-order valence-electron chi connectivity index (χ2n) is 6.26. The minimum absolute atomic E-state index is 0.152. The van der Waals surface area contributed by atoms with Gasteiger partial charge in [-0.3, -0.25) is 14.2 Å². The fourth-order valence-corrected chi connectivity index (χ4v) is 4.36. The number of nitrogens with zero attached hydrogens (tertiary/aromatic N) is 2. The largest absolute Gasteiger partial charge is 0.462 e. The molecule has 2 heterocycles. The summed E-state index contributed by atoms with van der Waals surface area (Å²) in [5, 5.41) is 7.84. The Balaban J connectivity index is 1.86. The highest BCUT2D eigenvalue weighted by atomic mass is 32.2. The van der Waals surface area contributed by atoms with Gasteiger partial charge >= 0.3 is 5.97 Å². The zero-order valence-electron chi connectivity index (χ0n) is 16.0. The number of esters is 1. The number of ether oxygens (including phenoxy) is 1. The van der Waals surface area contributed by atoms with E-state index >= 15 is 0 Å². The number of rotatable bonds is 6. The summed E-state index contributed by atoms with van der Waals surface area (Å²) in [6, 6.07) is 5.44. The van der Waals surface area contributed by atoms with E-state index in [1.165, 1.54) is 30.6 Å². The number of primary sulfonamides is 1. The highest BCUT2D eigenvalue weighted by molar-refractivity contribution is 7.89. The molecule has 0 aliphatic heterocycles. The standard InChI is InChI=1S/C18H18N4O6S2/c1-3-28-18(25)15-10(2)14-16(29-15)20-9-22(17(14)24)8-13(23)21-11-5-4-6-12(7-11)30(19,26)27/h4-7,9H,3,8H2,1-2H3,(H,21,23)(H2,19,26,27). The Labute approximate surface area is 175 Å². The van der Waals surface area contributed by atoms with Gasteiger partial charge in [-0.1, -0.05) is 6.07 Å². The molecule has 0 aliphatic carbocycles. The maximum absolute atomic E-state index is 12.8. The molecule has 0 fully saturated rings. The number of sulfonamides is 1. The van der Waals surface area contributed by atoms with Gasteiger partial charge in [0.1, 0.15) is 16.3 Å². The molecule has 10 nitrogen and oxygen atoms in total. The van der Waals surface area contributed by atoms with Gasteiger partial charge < -0.3 is 10.1 Å². The topological polar surface area (TPSA) is 150 Å². The van der Waals surface area contributed by atoms with Crippen molar-refractivity contribution >= 4 is 49.1 Å². The van der Waals surface area contributed by atoms with Crippen LogP contribution in [0, 0.1) is 6.92 Å². The lowest BCUT2D eigenvalue weighted by Gasteiger charge is -2.08. The average Bonchev–Trinajstić information content (AvgIpc) is 3.01. The van der Waals surface area contributed by atoms with Gasteiger partial charge in [0.25, 0.3) is 5.56 Å². The van der Waals surface area contributed by atoms with Gasteiger partial charge in [-0.25, -0.2) is 23.3 Å². The van der Waals surface area contributed by atoms with Crippen molar-refractivity contribution in [3.63, 3.8) is 0 Å². The van der Waals surface area contributed by atoms with Crippen molar-refractivity contribution < 1.29 is 22.7 Å². The third kappa shape index (κ3) is 4.40. The number of thiophene rings is 1. The number of aromatic nitrogens is 2. The molecule has 0 spiro atoms. The number of carbonyl (C=O) groups is 2. The van der Waals surface area contributed by atoms with Crippen molar-refractivity contribution in [1.82, 2.24) is 9.55 Å². The third-order valence-corrected chi connectivity index (χ3v) is 6.23. The van der Waals surface area contributed by atoms with Crippen LogP contribution in [0.3, 0.4) is 0 Å². The molecule has 0 radical (unpaired) electrons. The van der Waals surface area contributed by atoms with Crippen molar-refractivity contribution in [2.75, 3.05) is 11.9 Å². The quantitative estimate of drug-likeness (QED) is 0.536. The molecule has 0 unspecified atom stereocenters. The summed E-state index contributed by atoms with van der Waals surface area (Å²) >= 11 is 1.05. The Hall–Kier alpha value is -3.09. The summed E-state index contributed by atoms with van der Waals surface area (Å²) in [5.74, 6) is -1.10. The van der Waals surface area contributed by atoms with E-state index in [4.69, 9.17) is 9.88 Å². The molecular weight excluding hydrogens is 432 g/mol. The minimum Gasteiger partial charge on any atom is -0.462 e. The van der Waals surface area contributed by atoms with Gasteiger partial charge in [0.2, 0.25) is 15.9 Å². The molecule has 0 saturated carbocycles. The maximum Gasteiger partial charge on any atom is 0.348 e. The number of hydrogen-bond donors (Lipinski definition) is 2. The number of aryl methyl sites for hydroxylation is 1. The highest BCUT2D eigenvalue weighted by Gasteiger charge is 2.21. The van der Waals surface area contributed by atoms with Crippen LogP contribution in [0.1, 0.15) is 22.2 Å². The van der Waals surface area contributed by atoms with Gasteiger partial charge in [0, 0.05) is 5.69 Å². The van der Waals surface area contributed by atoms with Gasteiger partial charge in [-0.2, -0.15) is 0 Å². The molecular formula is C18H18N4O6S2. The van der Waals surface area contributed by atoms with Crippen molar-refractivity contribution in [3.8, 4) is 0 Å². The first-order valence-electron chi connectivity index (χ1n) is 8.70. The summed E-state index contributed by atoms with van der Waals surface area (Å²) in [4.78, 5) is 41.9. The summed E-state index contributed by atoms with van der Waals surface area (Å²) in [5.41, 5.74) is 0.184. The Morgan fingerprint density at radius 3 is 2.73 bits per heavy atom. The molecule has 0 saturated heterocycles. The SMILES string of the molecule is CCOC(=O)c1sc2ncn(CC(=O)Nc3cccc(S(N)(=O)=O)c3)c(=O)c2c1C. The molecule has 3 aromatic rings. The second kappa shape index (κ2) is 8.34. The van der Waals surface area contributed by atoms with Gasteiger partial charge in [-0.15, -0.1) is 11.3 Å². The maximum atomic E-state index is 12.8. The first kappa shape index (κ1) is 21.6. The molecule has 0 aliphatic rings. The lowest BCUT2D eigenvalue weighted by molar-refractivity contribution is -0.116. The van der Waals surface area contributed by atoms with E-state index in [-0.39, 0.29) is 29.1 Å². The average molecular weight is 450 g/mol. The molecule has 30 heavy (non-hydrogen) atoms. The molecule has 1 aromatic carbocycles. The summed E-state index contributed by atoms with van der Waals surface area (Å²) in [6.07, 6.45) is 1.22.